The van der Waals surface area contributed by atoms with Gasteiger partial charge in [-0.05, 0) is 30.0 Å². The van der Waals surface area contributed by atoms with E-state index in [9.17, 15) is 0 Å². The fourth-order valence-corrected chi connectivity index (χ4v) is 1.63. The van der Waals surface area contributed by atoms with E-state index in [-0.39, 0.29) is 6.04 Å². The zero-order valence-corrected chi connectivity index (χ0v) is 8.20. The highest BCUT2D eigenvalue weighted by atomic mass is 14.6. The Morgan fingerprint density at radius 2 is 1.86 bits per heavy atom. The van der Waals surface area contributed by atoms with Crippen LogP contribution in [0.1, 0.15) is 18.5 Å². The van der Waals surface area contributed by atoms with E-state index in [0.29, 0.717) is 0 Å². The molecule has 0 unspecified atom stereocenters. The minimum absolute atomic E-state index is 0.0295. The first-order chi connectivity index (χ1) is 6.68. The van der Waals surface area contributed by atoms with Crippen LogP contribution in [-0.2, 0) is 0 Å². The summed E-state index contributed by atoms with van der Waals surface area (Å²) >= 11 is 0. The summed E-state index contributed by atoms with van der Waals surface area (Å²) in [5, 5.41) is 2.25. The molecule has 0 saturated carbocycles. The number of anilines is 1. The summed E-state index contributed by atoms with van der Waals surface area (Å²) < 4.78 is 0. The molecule has 0 saturated heterocycles. The topological polar surface area (TPSA) is 52.0 Å². The lowest BCUT2D eigenvalue weighted by atomic mass is 10.0. The van der Waals surface area contributed by atoms with E-state index in [1.54, 1.807) is 0 Å². The summed E-state index contributed by atoms with van der Waals surface area (Å²) in [6.45, 7) is 1.96. The Morgan fingerprint density at radius 1 is 1.14 bits per heavy atom. The Balaban J connectivity index is 2.72. The number of hydrogen-bond donors (Lipinski definition) is 2. The molecule has 0 radical (unpaired) electrons. The molecule has 0 aliphatic carbocycles. The Morgan fingerprint density at radius 3 is 2.57 bits per heavy atom. The van der Waals surface area contributed by atoms with Crippen LogP contribution in [0.3, 0.4) is 0 Å². The molecule has 0 spiro atoms. The molecule has 2 aromatic rings. The second-order valence-corrected chi connectivity index (χ2v) is 3.62. The van der Waals surface area contributed by atoms with Crippen molar-refractivity contribution in [2.24, 2.45) is 5.73 Å². The molecule has 0 fully saturated rings. The van der Waals surface area contributed by atoms with Gasteiger partial charge >= 0.3 is 0 Å². The minimum Gasteiger partial charge on any atom is -0.398 e. The van der Waals surface area contributed by atoms with Gasteiger partial charge < -0.3 is 11.5 Å². The molecule has 72 valence electrons. The van der Waals surface area contributed by atoms with E-state index in [1.165, 1.54) is 0 Å². The molecule has 0 heterocycles. The summed E-state index contributed by atoms with van der Waals surface area (Å²) in [4.78, 5) is 0. The zero-order chi connectivity index (χ0) is 10.1. The predicted molar refractivity (Wildman–Crippen MR) is 61.0 cm³/mol. The normalized spacial score (nSPS) is 13.0. The van der Waals surface area contributed by atoms with Gasteiger partial charge in [0.15, 0.2) is 0 Å². The third kappa shape index (κ3) is 1.44. The quantitative estimate of drug-likeness (QED) is 0.672. The van der Waals surface area contributed by atoms with E-state index in [0.717, 1.165) is 22.0 Å². The Hall–Kier alpha value is -1.54. The number of fused-ring (bicyclic) bond motifs is 1. The van der Waals surface area contributed by atoms with Crippen molar-refractivity contribution in [2.75, 3.05) is 5.73 Å². The minimum atomic E-state index is 0.0295. The molecule has 0 bridgehead atoms. The third-order valence-electron chi connectivity index (χ3n) is 2.44. The van der Waals surface area contributed by atoms with Crippen molar-refractivity contribution in [1.82, 2.24) is 0 Å². The van der Waals surface area contributed by atoms with E-state index in [1.807, 2.05) is 31.2 Å². The van der Waals surface area contributed by atoms with Crippen LogP contribution in [0, 0.1) is 0 Å². The maximum Gasteiger partial charge on any atom is 0.0397 e. The first-order valence-electron chi connectivity index (χ1n) is 4.72. The van der Waals surface area contributed by atoms with Gasteiger partial charge in [0, 0.05) is 17.1 Å². The number of rotatable bonds is 1. The molecular formula is C12H14N2. The SMILES string of the molecule is C[C@@H](N)c1cc(N)c2ccccc2c1. The maximum absolute atomic E-state index is 5.94. The second-order valence-electron chi connectivity index (χ2n) is 3.62. The average molecular weight is 186 g/mol. The monoisotopic (exact) mass is 186 g/mol. The Bertz CT molecular complexity index is 461. The standard InChI is InChI=1S/C12H14N2/c1-8(13)10-6-9-4-2-3-5-11(9)12(14)7-10/h2-8H,13-14H2,1H3/t8-/m1/s1. The second kappa shape index (κ2) is 3.31. The van der Waals surface area contributed by atoms with Crippen molar-refractivity contribution in [3.63, 3.8) is 0 Å². The van der Waals surface area contributed by atoms with Gasteiger partial charge in [0.05, 0.1) is 0 Å². The molecular weight excluding hydrogens is 172 g/mol. The molecule has 4 N–H and O–H groups in total. The lowest BCUT2D eigenvalue weighted by molar-refractivity contribution is 0.820. The van der Waals surface area contributed by atoms with Crippen LogP contribution in [-0.4, -0.2) is 0 Å². The van der Waals surface area contributed by atoms with Crippen molar-refractivity contribution >= 4 is 16.5 Å². The smallest absolute Gasteiger partial charge is 0.0397 e. The molecule has 1 atom stereocenters. The van der Waals surface area contributed by atoms with Crippen LogP contribution in [0.2, 0.25) is 0 Å². The van der Waals surface area contributed by atoms with Crippen LogP contribution < -0.4 is 11.5 Å². The number of nitrogen functional groups attached to an aromatic ring is 1. The van der Waals surface area contributed by atoms with Gasteiger partial charge in [0.25, 0.3) is 0 Å². The van der Waals surface area contributed by atoms with E-state index in [2.05, 4.69) is 12.1 Å². The highest BCUT2D eigenvalue weighted by Crippen LogP contribution is 2.25. The zero-order valence-electron chi connectivity index (χ0n) is 8.20. The van der Waals surface area contributed by atoms with Gasteiger partial charge in [-0.1, -0.05) is 24.3 Å². The fourth-order valence-electron chi connectivity index (χ4n) is 1.63. The average Bonchev–Trinajstić information content (AvgIpc) is 2.17. The first-order valence-corrected chi connectivity index (χ1v) is 4.72. The Kier molecular flexibility index (Phi) is 2.14. The van der Waals surface area contributed by atoms with Crippen molar-refractivity contribution < 1.29 is 0 Å². The van der Waals surface area contributed by atoms with E-state index < -0.39 is 0 Å². The summed E-state index contributed by atoms with van der Waals surface area (Å²) in [5.74, 6) is 0. The molecule has 14 heavy (non-hydrogen) atoms. The lowest BCUT2D eigenvalue weighted by Gasteiger charge is -2.09. The maximum atomic E-state index is 5.94. The molecule has 0 aliphatic rings. The van der Waals surface area contributed by atoms with Gasteiger partial charge in [-0.25, -0.2) is 0 Å². The van der Waals surface area contributed by atoms with Crippen LogP contribution in [0.25, 0.3) is 10.8 Å². The van der Waals surface area contributed by atoms with Crippen molar-refractivity contribution in [3.05, 3.63) is 42.0 Å². The van der Waals surface area contributed by atoms with Crippen LogP contribution in [0.15, 0.2) is 36.4 Å². The van der Waals surface area contributed by atoms with Crippen LogP contribution in [0.5, 0.6) is 0 Å². The highest BCUT2D eigenvalue weighted by molar-refractivity contribution is 5.93. The number of benzene rings is 2. The summed E-state index contributed by atoms with van der Waals surface area (Å²) in [7, 11) is 0. The molecule has 2 nitrogen and oxygen atoms in total. The van der Waals surface area contributed by atoms with Gasteiger partial charge in [0.2, 0.25) is 0 Å². The number of nitrogens with two attached hydrogens (primary N) is 2. The first kappa shape index (κ1) is 9.03. The highest BCUT2D eigenvalue weighted by Gasteiger charge is 2.03. The fraction of sp³-hybridized carbons (Fsp3) is 0.167. The number of hydrogen-bond acceptors (Lipinski definition) is 2. The third-order valence-corrected chi connectivity index (χ3v) is 2.44. The van der Waals surface area contributed by atoms with E-state index in [4.69, 9.17) is 11.5 Å². The largest absolute Gasteiger partial charge is 0.398 e. The van der Waals surface area contributed by atoms with Crippen molar-refractivity contribution in [3.8, 4) is 0 Å². The summed E-state index contributed by atoms with van der Waals surface area (Å²) in [5.41, 5.74) is 13.6. The van der Waals surface area contributed by atoms with Gasteiger partial charge in [-0.3, -0.25) is 0 Å². The van der Waals surface area contributed by atoms with E-state index >= 15 is 0 Å². The summed E-state index contributed by atoms with van der Waals surface area (Å²) in [6.07, 6.45) is 0. The van der Waals surface area contributed by atoms with Crippen LogP contribution >= 0.6 is 0 Å². The molecule has 0 aliphatic heterocycles. The lowest BCUT2D eigenvalue weighted by Crippen LogP contribution is -2.05. The molecule has 0 amide bonds. The van der Waals surface area contributed by atoms with Gasteiger partial charge in [-0.2, -0.15) is 0 Å². The molecule has 2 rings (SSSR count). The van der Waals surface area contributed by atoms with Crippen LogP contribution in [0.4, 0.5) is 5.69 Å². The van der Waals surface area contributed by atoms with Crippen molar-refractivity contribution in [2.45, 2.75) is 13.0 Å². The predicted octanol–water partition coefficient (Wildman–Crippen LogP) is 2.44. The van der Waals surface area contributed by atoms with Gasteiger partial charge in [-0.15, -0.1) is 0 Å². The molecule has 2 heteroatoms. The molecule has 0 aromatic heterocycles. The van der Waals surface area contributed by atoms with Crippen molar-refractivity contribution in [1.29, 1.82) is 0 Å². The Labute approximate surface area is 83.5 Å². The molecule has 2 aromatic carbocycles. The summed E-state index contributed by atoms with van der Waals surface area (Å²) in [6, 6.07) is 12.1. The van der Waals surface area contributed by atoms with Gasteiger partial charge in [0.1, 0.15) is 0 Å².